The van der Waals surface area contributed by atoms with Crippen molar-refractivity contribution in [1.29, 1.82) is 0 Å². The highest BCUT2D eigenvalue weighted by molar-refractivity contribution is 9.10. The van der Waals surface area contributed by atoms with Gasteiger partial charge in [-0.3, -0.25) is 9.78 Å². The third kappa shape index (κ3) is 5.45. The number of hydrogen-bond donors (Lipinski definition) is 2. The molecule has 162 valence electrons. The van der Waals surface area contributed by atoms with Crippen LogP contribution >= 0.6 is 27.7 Å². The molecule has 0 aliphatic heterocycles. The Morgan fingerprint density at radius 1 is 1.50 bits per heavy atom. The Kier molecular flexibility index (Phi) is 7.59. The summed E-state index contributed by atoms with van der Waals surface area (Å²) in [7, 11) is 3.23. The average Bonchev–Trinajstić information content (AvgIpc) is 3.54. The van der Waals surface area contributed by atoms with Crippen molar-refractivity contribution in [1.82, 2.24) is 14.8 Å². The fraction of sp³-hybridized carbons (Fsp3) is 0.474. The SMILES string of the molecule is COc1ccc(C2CC2COc2nn(C)c(=O)c(NCCSC(C)=NN)c2Br)nc1. The zero-order chi connectivity index (χ0) is 21.7. The average molecular weight is 497 g/mol. The molecule has 2 heterocycles. The number of thioether (sulfide) groups is 1. The minimum Gasteiger partial charge on any atom is -0.495 e. The van der Waals surface area contributed by atoms with E-state index < -0.39 is 0 Å². The number of pyridine rings is 1. The Labute approximate surface area is 187 Å². The summed E-state index contributed by atoms with van der Waals surface area (Å²) in [4.78, 5) is 16.9. The normalized spacial score (nSPS) is 18.2. The third-order valence-electron chi connectivity index (χ3n) is 4.78. The summed E-state index contributed by atoms with van der Waals surface area (Å²) in [6.07, 6.45) is 2.74. The highest BCUT2D eigenvalue weighted by Gasteiger charge is 2.40. The molecule has 1 aliphatic carbocycles. The molecule has 2 aromatic heterocycles. The van der Waals surface area contributed by atoms with E-state index in [-0.39, 0.29) is 5.56 Å². The summed E-state index contributed by atoms with van der Waals surface area (Å²) >= 11 is 4.98. The van der Waals surface area contributed by atoms with Gasteiger partial charge in [0.2, 0.25) is 5.88 Å². The van der Waals surface area contributed by atoms with Gasteiger partial charge in [-0.1, -0.05) is 0 Å². The molecule has 0 saturated heterocycles. The van der Waals surface area contributed by atoms with Crippen molar-refractivity contribution in [2.45, 2.75) is 19.3 Å². The number of anilines is 1. The summed E-state index contributed by atoms with van der Waals surface area (Å²) in [5.41, 5.74) is 1.23. The maximum absolute atomic E-state index is 12.4. The van der Waals surface area contributed by atoms with Gasteiger partial charge < -0.3 is 20.6 Å². The topological polar surface area (TPSA) is 117 Å². The van der Waals surface area contributed by atoms with Crippen LogP contribution in [0.15, 0.2) is 32.7 Å². The largest absolute Gasteiger partial charge is 0.495 e. The quantitative estimate of drug-likeness (QED) is 0.179. The first kappa shape index (κ1) is 22.4. The highest BCUT2D eigenvalue weighted by atomic mass is 79.9. The summed E-state index contributed by atoms with van der Waals surface area (Å²) in [6.45, 7) is 2.91. The molecule has 2 aromatic rings. The van der Waals surface area contributed by atoms with E-state index in [0.717, 1.165) is 28.7 Å². The second-order valence-electron chi connectivity index (χ2n) is 6.88. The molecule has 3 rings (SSSR count). The molecule has 1 fully saturated rings. The molecule has 1 saturated carbocycles. The number of halogens is 1. The number of aromatic nitrogens is 3. The first-order valence-corrected chi connectivity index (χ1v) is 11.2. The lowest BCUT2D eigenvalue weighted by molar-refractivity contribution is 0.276. The first-order chi connectivity index (χ1) is 14.4. The molecule has 30 heavy (non-hydrogen) atoms. The van der Waals surface area contributed by atoms with Gasteiger partial charge in [-0.2, -0.15) is 5.10 Å². The molecule has 0 amide bonds. The maximum Gasteiger partial charge on any atom is 0.291 e. The van der Waals surface area contributed by atoms with E-state index in [0.29, 0.717) is 41.0 Å². The summed E-state index contributed by atoms with van der Waals surface area (Å²) in [5, 5.41) is 11.8. The Bertz CT molecular complexity index is 966. The predicted octanol–water partition coefficient (Wildman–Crippen LogP) is 2.57. The van der Waals surface area contributed by atoms with Gasteiger partial charge in [-0.15, -0.1) is 16.9 Å². The minimum absolute atomic E-state index is 0.227. The number of nitrogens with zero attached hydrogens (tertiary/aromatic N) is 4. The Balaban J connectivity index is 1.59. The van der Waals surface area contributed by atoms with Crippen LogP contribution in [0, 0.1) is 5.92 Å². The van der Waals surface area contributed by atoms with Gasteiger partial charge in [0.15, 0.2) is 0 Å². The van der Waals surface area contributed by atoms with Crippen molar-refractivity contribution in [2.24, 2.45) is 23.9 Å². The number of aryl methyl sites for hydroxylation is 1. The van der Waals surface area contributed by atoms with Crippen LogP contribution in [0.25, 0.3) is 0 Å². The van der Waals surface area contributed by atoms with Gasteiger partial charge >= 0.3 is 0 Å². The maximum atomic E-state index is 12.4. The molecule has 2 unspecified atom stereocenters. The first-order valence-electron chi connectivity index (χ1n) is 9.45. The van der Waals surface area contributed by atoms with Crippen LogP contribution in [0.3, 0.4) is 0 Å². The van der Waals surface area contributed by atoms with Gasteiger partial charge in [0, 0.05) is 36.9 Å². The molecule has 0 aromatic carbocycles. The molecule has 2 atom stereocenters. The highest BCUT2D eigenvalue weighted by Crippen LogP contribution is 2.47. The smallest absolute Gasteiger partial charge is 0.291 e. The van der Waals surface area contributed by atoms with Crippen LogP contribution < -0.4 is 26.2 Å². The number of methoxy groups -OCH3 is 1. The second kappa shape index (κ2) is 10.2. The van der Waals surface area contributed by atoms with Crippen molar-refractivity contribution in [3.8, 4) is 11.6 Å². The molecule has 0 radical (unpaired) electrons. The van der Waals surface area contributed by atoms with E-state index in [4.69, 9.17) is 15.3 Å². The van der Waals surface area contributed by atoms with Gasteiger partial charge in [0.25, 0.3) is 5.56 Å². The number of rotatable bonds is 9. The van der Waals surface area contributed by atoms with Crippen molar-refractivity contribution < 1.29 is 9.47 Å². The standard InChI is InChI=1S/C19H25BrN6O3S/c1-11(24-21)30-7-6-22-17-16(20)18(25-26(2)19(17)27)29-10-12-8-14(12)15-5-4-13(28-3)9-23-15/h4-5,9,12,14,22H,6-8,10,21H2,1-3H3. The number of ether oxygens (including phenoxy) is 2. The number of nitrogens with two attached hydrogens (primary N) is 1. The number of hydrazone groups is 1. The van der Waals surface area contributed by atoms with Crippen molar-refractivity contribution in [3.05, 3.63) is 38.9 Å². The Hall–Kier alpha value is -2.27. The third-order valence-corrected chi connectivity index (χ3v) is 6.45. The van der Waals surface area contributed by atoms with E-state index in [1.54, 1.807) is 20.4 Å². The van der Waals surface area contributed by atoms with Crippen molar-refractivity contribution in [2.75, 3.05) is 31.3 Å². The van der Waals surface area contributed by atoms with Crippen LogP contribution in [-0.2, 0) is 7.05 Å². The lowest BCUT2D eigenvalue weighted by Crippen LogP contribution is -2.26. The van der Waals surface area contributed by atoms with Crippen LogP contribution in [0.4, 0.5) is 5.69 Å². The molecule has 3 N–H and O–H groups in total. The van der Waals surface area contributed by atoms with E-state index >= 15 is 0 Å². The van der Waals surface area contributed by atoms with Crippen molar-refractivity contribution >= 4 is 38.4 Å². The van der Waals surface area contributed by atoms with Crippen LogP contribution in [0.1, 0.15) is 25.0 Å². The van der Waals surface area contributed by atoms with Crippen LogP contribution in [0.2, 0.25) is 0 Å². The van der Waals surface area contributed by atoms with Gasteiger partial charge in [-0.05, 0) is 41.4 Å². The molecule has 9 nitrogen and oxygen atoms in total. The fourth-order valence-electron chi connectivity index (χ4n) is 2.96. The second-order valence-corrected chi connectivity index (χ2v) is 8.96. The summed E-state index contributed by atoms with van der Waals surface area (Å²) in [5.74, 6) is 7.81. The monoisotopic (exact) mass is 496 g/mol. The Morgan fingerprint density at radius 2 is 2.30 bits per heavy atom. The van der Waals surface area contributed by atoms with Crippen LogP contribution in [0.5, 0.6) is 11.6 Å². The van der Waals surface area contributed by atoms with Crippen LogP contribution in [-0.4, -0.2) is 45.8 Å². The molecular weight excluding hydrogens is 472 g/mol. The lowest BCUT2D eigenvalue weighted by atomic mass is 10.2. The molecular formula is C19H25BrN6O3S. The van der Waals surface area contributed by atoms with E-state index in [2.05, 4.69) is 36.4 Å². The van der Waals surface area contributed by atoms with Gasteiger partial charge in [-0.25, -0.2) is 4.68 Å². The molecule has 1 aliphatic rings. The zero-order valence-corrected chi connectivity index (χ0v) is 19.5. The minimum atomic E-state index is -0.227. The molecule has 0 bridgehead atoms. The molecule has 11 heteroatoms. The van der Waals surface area contributed by atoms with Gasteiger partial charge in [0.1, 0.15) is 15.9 Å². The lowest BCUT2D eigenvalue weighted by Gasteiger charge is -2.13. The van der Waals surface area contributed by atoms with E-state index in [1.807, 2.05) is 19.1 Å². The Morgan fingerprint density at radius 3 is 2.97 bits per heavy atom. The summed E-state index contributed by atoms with van der Waals surface area (Å²) in [6, 6.07) is 3.90. The van der Waals surface area contributed by atoms with E-state index in [9.17, 15) is 4.79 Å². The predicted molar refractivity (Wildman–Crippen MR) is 123 cm³/mol. The number of hydrogen-bond acceptors (Lipinski definition) is 9. The van der Waals surface area contributed by atoms with Crippen molar-refractivity contribution in [3.63, 3.8) is 0 Å². The summed E-state index contributed by atoms with van der Waals surface area (Å²) < 4.78 is 12.9. The van der Waals surface area contributed by atoms with Gasteiger partial charge in [0.05, 0.1) is 25.0 Å². The van der Waals surface area contributed by atoms with E-state index in [1.165, 1.54) is 16.4 Å². The fourth-order valence-corrected chi connectivity index (χ4v) is 4.04. The molecule has 0 spiro atoms. The number of nitrogens with one attached hydrogen (secondary N) is 1. The zero-order valence-electron chi connectivity index (χ0n) is 17.1.